The third-order valence-electron chi connectivity index (χ3n) is 4.36. The second-order valence-electron chi connectivity index (χ2n) is 6.29. The summed E-state index contributed by atoms with van der Waals surface area (Å²) in [7, 11) is -1.79. The van der Waals surface area contributed by atoms with Gasteiger partial charge in [0.15, 0.2) is 11.3 Å². The van der Waals surface area contributed by atoms with Gasteiger partial charge in [-0.25, -0.2) is 0 Å². The van der Waals surface area contributed by atoms with Crippen molar-refractivity contribution in [3.05, 3.63) is 59.4 Å². The Morgan fingerprint density at radius 1 is 1.29 bits per heavy atom. The van der Waals surface area contributed by atoms with Crippen LogP contribution in [0.1, 0.15) is 46.4 Å². The minimum Gasteiger partial charge on any atom is -0.490 e. The van der Waals surface area contributed by atoms with Gasteiger partial charge in [-0.3, -0.25) is 9.59 Å². The highest BCUT2D eigenvalue weighted by Crippen LogP contribution is 2.31. The molecule has 0 aliphatic carbocycles. The second-order valence-corrected chi connectivity index (χ2v) is 6.29. The smallest absolute Gasteiger partial charge is 0.489 e. The van der Waals surface area contributed by atoms with E-state index in [1.165, 1.54) is 18.2 Å². The van der Waals surface area contributed by atoms with Gasteiger partial charge in [-0.1, -0.05) is 18.2 Å². The minimum atomic E-state index is -1.79. The zero-order valence-electron chi connectivity index (χ0n) is 15.5. The molecule has 28 heavy (non-hydrogen) atoms. The molecule has 2 aromatic carbocycles. The van der Waals surface area contributed by atoms with Gasteiger partial charge in [-0.15, -0.1) is 0 Å². The first-order valence-electron chi connectivity index (χ1n) is 8.86. The molecular formula is C20H20BNO6. The molecule has 3 N–H and O–H groups in total. The summed E-state index contributed by atoms with van der Waals surface area (Å²) >= 11 is 0. The molecule has 0 spiro atoms. The highest BCUT2D eigenvalue weighted by molar-refractivity contribution is 6.60. The third-order valence-corrected chi connectivity index (χ3v) is 4.36. The first-order chi connectivity index (χ1) is 13.4. The summed E-state index contributed by atoms with van der Waals surface area (Å²) in [6.07, 6.45) is 0.476. The molecule has 1 unspecified atom stereocenters. The number of rotatable bonds is 7. The van der Waals surface area contributed by atoms with Gasteiger partial charge in [0.1, 0.15) is 12.0 Å². The van der Waals surface area contributed by atoms with Gasteiger partial charge in [0.25, 0.3) is 5.91 Å². The molecule has 8 heteroatoms. The average molecular weight is 381 g/mol. The van der Waals surface area contributed by atoms with Crippen molar-refractivity contribution in [2.24, 2.45) is 0 Å². The number of hydrogen-bond acceptors (Lipinski definition) is 6. The van der Waals surface area contributed by atoms with Gasteiger partial charge in [-0.2, -0.15) is 0 Å². The van der Waals surface area contributed by atoms with Crippen LogP contribution in [-0.2, 0) is 0 Å². The number of carbonyl (C=O) groups excluding carboxylic acids is 2. The van der Waals surface area contributed by atoms with Crippen molar-refractivity contribution in [3.63, 3.8) is 0 Å². The topological polar surface area (TPSA) is 109 Å². The lowest BCUT2D eigenvalue weighted by molar-refractivity contribution is 0.0935. The van der Waals surface area contributed by atoms with Crippen molar-refractivity contribution in [1.82, 2.24) is 5.32 Å². The van der Waals surface area contributed by atoms with E-state index < -0.39 is 19.1 Å². The van der Waals surface area contributed by atoms with Crippen LogP contribution in [0.5, 0.6) is 5.75 Å². The van der Waals surface area contributed by atoms with Crippen LogP contribution in [0.2, 0.25) is 0 Å². The van der Waals surface area contributed by atoms with E-state index in [2.05, 4.69) is 5.32 Å². The van der Waals surface area contributed by atoms with Crippen LogP contribution in [0, 0.1) is 0 Å². The average Bonchev–Trinajstić information content (AvgIpc) is 3.13. The van der Waals surface area contributed by atoms with E-state index >= 15 is 0 Å². The van der Waals surface area contributed by atoms with Crippen molar-refractivity contribution in [2.45, 2.75) is 19.9 Å². The van der Waals surface area contributed by atoms with Crippen LogP contribution >= 0.6 is 0 Å². The van der Waals surface area contributed by atoms with Gasteiger partial charge in [-0.05, 0) is 43.6 Å². The third kappa shape index (κ3) is 3.93. The fraction of sp³-hybridized carbons (Fsp3) is 0.200. The van der Waals surface area contributed by atoms with Crippen molar-refractivity contribution in [2.75, 3.05) is 6.61 Å². The lowest BCUT2D eigenvalue weighted by Gasteiger charge is -2.12. The molecule has 0 aliphatic heterocycles. The van der Waals surface area contributed by atoms with E-state index in [0.29, 0.717) is 30.0 Å². The normalized spacial score (nSPS) is 11.9. The maximum absolute atomic E-state index is 12.5. The predicted octanol–water partition coefficient (Wildman–Crippen LogP) is 1.81. The van der Waals surface area contributed by atoms with Crippen molar-refractivity contribution >= 4 is 35.7 Å². The quantitative estimate of drug-likeness (QED) is 0.426. The fourth-order valence-electron chi connectivity index (χ4n) is 2.94. The number of hydrogen-bond donors (Lipinski definition) is 3. The van der Waals surface area contributed by atoms with Crippen LogP contribution in [0.25, 0.3) is 11.0 Å². The van der Waals surface area contributed by atoms with E-state index in [-0.39, 0.29) is 16.6 Å². The number of carbonyl (C=O) groups is 2. The highest BCUT2D eigenvalue weighted by atomic mass is 16.5. The van der Waals surface area contributed by atoms with Crippen molar-refractivity contribution in [1.29, 1.82) is 0 Å². The summed E-state index contributed by atoms with van der Waals surface area (Å²) in [5.74, 6) is 0.784. The monoisotopic (exact) mass is 381 g/mol. The fourth-order valence-corrected chi connectivity index (χ4v) is 2.94. The molecule has 0 aliphatic rings. The minimum absolute atomic E-state index is 0.0420. The molecule has 3 aromatic rings. The van der Waals surface area contributed by atoms with E-state index in [0.717, 1.165) is 5.39 Å². The molecule has 1 atom stereocenters. The standard InChI is InChI=1S/C20H20BNO6/c1-3-27-17-6-4-5-13-10-18(28-19(13)17)12(2)22-20(24)14-7-8-16(21(25)26)15(9-14)11-23/h4-12,25-26H,3H2,1-2H3,(H,22,24). The zero-order chi connectivity index (χ0) is 20.3. The summed E-state index contributed by atoms with van der Waals surface area (Å²) in [6.45, 7) is 4.18. The van der Waals surface area contributed by atoms with E-state index in [1.54, 1.807) is 6.92 Å². The van der Waals surface area contributed by atoms with Crippen LogP contribution < -0.4 is 15.5 Å². The SMILES string of the molecule is CCOc1cccc2cc(C(C)NC(=O)c3ccc(B(O)O)c(C=O)c3)oc12. The number of benzene rings is 2. The summed E-state index contributed by atoms with van der Waals surface area (Å²) in [5.41, 5.74) is 0.926. The molecule has 0 fully saturated rings. The number of ether oxygens (including phenoxy) is 1. The van der Waals surface area contributed by atoms with Gasteiger partial charge in [0.05, 0.1) is 12.6 Å². The van der Waals surface area contributed by atoms with Gasteiger partial charge in [0, 0.05) is 16.5 Å². The molecule has 0 saturated heterocycles. The Morgan fingerprint density at radius 2 is 2.07 bits per heavy atom. The number of amides is 1. The van der Waals surface area contributed by atoms with Gasteiger partial charge >= 0.3 is 7.12 Å². The first kappa shape index (κ1) is 19.7. The molecule has 1 heterocycles. The van der Waals surface area contributed by atoms with Crippen LogP contribution in [0.4, 0.5) is 0 Å². The summed E-state index contributed by atoms with van der Waals surface area (Å²) in [5, 5.41) is 22.2. The molecule has 0 saturated carbocycles. The van der Waals surface area contributed by atoms with E-state index in [1.807, 2.05) is 31.2 Å². The largest absolute Gasteiger partial charge is 0.490 e. The Labute approximate surface area is 162 Å². The number of nitrogens with one attached hydrogen (secondary N) is 1. The predicted molar refractivity (Wildman–Crippen MR) is 105 cm³/mol. The zero-order valence-corrected chi connectivity index (χ0v) is 15.5. The number of para-hydroxylation sites is 1. The van der Waals surface area contributed by atoms with Crippen LogP contribution in [0.15, 0.2) is 46.9 Å². The van der Waals surface area contributed by atoms with Crippen LogP contribution in [0.3, 0.4) is 0 Å². The Hall–Kier alpha value is -3.10. The second kappa shape index (κ2) is 8.29. The van der Waals surface area contributed by atoms with Crippen molar-refractivity contribution in [3.8, 4) is 5.75 Å². The Bertz CT molecular complexity index is 1010. The molecule has 1 amide bonds. The Balaban J connectivity index is 1.82. The summed E-state index contributed by atoms with van der Waals surface area (Å²) in [4.78, 5) is 23.7. The molecule has 1 aromatic heterocycles. The lowest BCUT2D eigenvalue weighted by Crippen LogP contribution is -2.34. The Kier molecular flexibility index (Phi) is 5.82. The summed E-state index contributed by atoms with van der Waals surface area (Å²) in [6, 6.07) is 11.1. The molecular weight excluding hydrogens is 361 g/mol. The number of aldehydes is 1. The maximum atomic E-state index is 12.5. The number of fused-ring (bicyclic) bond motifs is 1. The number of furan rings is 1. The lowest BCUT2D eigenvalue weighted by atomic mass is 9.77. The molecule has 7 nitrogen and oxygen atoms in total. The molecule has 0 bridgehead atoms. The van der Waals surface area contributed by atoms with Gasteiger partial charge in [0.2, 0.25) is 0 Å². The maximum Gasteiger partial charge on any atom is 0.489 e. The molecule has 3 rings (SSSR count). The van der Waals surface area contributed by atoms with E-state index in [9.17, 15) is 19.6 Å². The summed E-state index contributed by atoms with van der Waals surface area (Å²) < 4.78 is 11.4. The van der Waals surface area contributed by atoms with Crippen molar-refractivity contribution < 1.29 is 28.8 Å². The highest BCUT2D eigenvalue weighted by Gasteiger charge is 2.20. The Morgan fingerprint density at radius 3 is 2.75 bits per heavy atom. The van der Waals surface area contributed by atoms with E-state index in [4.69, 9.17) is 9.15 Å². The van der Waals surface area contributed by atoms with Crippen LogP contribution in [-0.4, -0.2) is 36.0 Å². The molecule has 144 valence electrons. The first-order valence-corrected chi connectivity index (χ1v) is 8.86. The molecule has 0 radical (unpaired) electrons. The van der Waals surface area contributed by atoms with Gasteiger partial charge < -0.3 is 24.5 Å².